The van der Waals surface area contributed by atoms with Crippen molar-refractivity contribution in [1.29, 1.82) is 0 Å². The summed E-state index contributed by atoms with van der Waals surface area (Å²) in [5.74, 6) is 1.01. The van der Waals surface area contributed by atoms with Gasteiger partial charge in [0.15, 0.2) is 0 Å². The number of allylic oxidation sites excluding steroid dienone is 2. The summed E-state index contributed by atoms with van der Waals surface area (Å²) in [7, 11) is -1.05. The first-order chi connectivity index (χ1) is 10.8. The highest BCUT2D eigenvalue weighted by atomic mass is 32.2. The van der Waals surface area contributed by atoms with Gasteiger partial charge in [0.25, 0.3) is 0 Å². The van der Waals surface area contributed by atoms with Crippen molar-refractivity contribution in [3.05, 3.63) is 34.0 Å². The van der Waals surface area contributed by atoms with Gasteiger partial charge < -0.3 is 14.7 Å². The van der Waals surface area contributed by atoms with Gasteiger partial charge in [-0.2, -0.15) is 0 Å². The normalized spacial score (nSPS) is 27.6. The Morgan fingerprint density at radius 1 is 1.39 bits per heavy atom. The van der Waals surface area contributed by atoms with Gasteiger partial charge in [-0.3, -0.25) is 0 Å². The van der Waals surface area contributed by atoms with E-state index in [0.29, 0.717) is 6.73 Å². The van der Waals surface area contributed by atoms with E-state index in [9.17, 15) is 5.11 Å². The van der Waals surface area contributed by atoms with Crippen LogP contribution in [-0.4, -0.2) is 42.8 Å². The standard InChI is InChI=1S/C18H29NO2SSi/c1-18(20)8-5-6-15-17(18)14-7-10-22-16(14)12-19(15)13-21-9-11-23(2,3)4/h7,12,20H,5-6,8-11,13H2,1-4H3. The van der Waals surface area contributed by atoms with Gasteiger partial charge in [0, 0.05) is 42.8 Å². The maximum absolute atomic E-state index is 10.9. The van der Waals surface area contributed by atoms with Crippen molar-refractivity contribution in [2.75, 3.05) is 19.1 Å². The maximum Gasteiger partial charge on any atom is 0.122 e. The molecule has 1 atom stereocenters. The molecule has 0 saturated heterocycles. The number of nitrogens with zero attached hydrogens (tertiary/aromatic N) is 1. The molecule has 128 valence electrons. The van der Waals surface area contributed by atoms with Crippen LogP contribution in [0.5, 0.6) is 0 Å². The summed E-state index contributed by atoms with van der Waals surface area (Å²) in [6.07, 6.45) is 7.44. The van der Waals surface area contributed by atoms with Gasteiger partial charge >= 0.3 is 0 Å². The van der Waals surface area contributed by atoms with Gasteiger partial charge in [0.05, 0.1) is 5.60 Å². The van der Waals surface area contributed by atoms with E-state index in [1.165, 1.54) is 22.2 Å². The lowest BCUT2D eigenvalue weighted by Crippen LogP contribution is -2.38. The molecule has 1 N–H and O–H groups in total. The summed E-state index contributed by atoms with van der Waals surface area (Å²) in [6, 6.07) is 1.20. The lowest BCUT2D eigenvalue weighted by molar-refractivity contribution is 0.0532. The average molecular weight is 352 g/mol. The van der Waals surface area contributed by atoms with E-state index >= 15 is 0 Å². The molecule has 3 rings (SSSR count). The molecule has 0 amide bonds. The molecule has 0 aromatic rings. The molecule has 0 bridgehead atoms. The van der Waals surface area contributed by atoms with Crippen LogP contribution in [0, 0.1) is 0 Å². The fourth-order valence-corrected chi connectivity index (χ4v) is 5.22. The minimum absolute atomic E-state index is 0.608. The van der Waals surface area contributed by atoms with Crippen LogP contribution in [0.15, 0.2) is 34.0 Å². The van der Waals surface area contributed by atoms with Crippen molar-refractivity contribution < 1.29 is 9.84 Å². The summed E-state index contributed by atoms with van der Waals surface area (Å²) in [4.78, 5) is 3.54. The first kappa shape index (κ1) is 17.3. The highest BCUT2D eigenvalue weighted by molar-refractivity contribution is 8.03. The van der Waals surface area contributed by atoms with Crippen molar-refractivity contribution in [3.8, 4) is 0 Å². The molecular weight excluding hydrogens is 322 g/mol. The molecule has 0 aromatic heterocycles. The minimum Gasteiger partial charge on any atom is -0.385 e. The second-order valence-electron chi connectivity index (χ2n) is 8.19. The van der Waals surface area contributed by atoms with Gasteiger partial charge in [0.1, 0.15) is 6.73 Å². The van der Waals surface area contributed by atoms with Gasteiger partial charge in [0.2, 0.25) is 0 Å². The minimum atomic E-state index is -1.05. The molecule has 0 saturated carbocycles. The number of ether oxygens (including phenoxy) is 1. The SMILES string of the molecule is CC1(O)CCCC2=C1C1=CCSC1=CN2COCC[Si](C)(C)C. The third-order valence-corrected chi connectivity index (χ3v) is 7.49. The molecule has 2 aliphatic heterocycles. The van der Waals surface area contributed by atoms with E-state index in [2.05, 4.69) is 36.8 Å². The topological polar surface area (TPSA) is 32.7 Å². The number of aliphatic hydroxyl groups is 1. The van der Waals surface area contributed by atoms with Crippen LogP contribution in [0.25, 0.3) is 0 Å². The predicted molar refractivity (Wildman–Crippen MR) is 101 cm³/mol. The van der Waals surface area contributed by atoms with E-state index in [-0.39, 0.29) is 0 Å². The average Bonchev–Trinajstić information content (AvgIpc) is 2.89. The van der Waals surface area contributed by atoms with Crippen LogP contribution >= 0.6 is 11.8 Å². The zero-order valence-electron chi connectivity index (χ0n) is 14.8. The summed E-state index contributed by atoms with van der Waals surface area (Å²) in [6.45, 7) is 10.6. The lowest BCUT2D eigenvalue weighted by atomic mass is 9.77. The van der Waals surface area contributed by atoms with Crippen LogP contribution in [0.2, 0.25) is 25.7 Å². The number of thioether (sulfide) groups is 1. The summed E-state index contributed by atoms with van der Waals surface area (Å²) in [5, 5.41) is 10.9. The molecule has 1 unspecified atom stereocenters. The highest BCUT2D eigenvalue weighted by Gasteiger charge is 2.40. The molecular formula is C18H29NO2SSi. The summed E-state index contributed by atoms with van der Waals surface area (Å²) in [5.41, 5.74) is 2.99. The molecule has 0 spiro atoms. The number of hydrogen-bond donors (Lipinski definition) is 1. The molecule has 23 heavy (non-hydrogen) atoms. The van der Waals surface area contributed by atoms with Crippen molar-refractivity contribution in [3.63, 3.8) is 0 Å². The van der Waals surface area contributed by atoms with Crippen LogP contribution in [0.4, 0.5) is 0 Å². The largest absolute Gasteiger partial charge is 0.385 e. The molecule has 2 heterocycles. The number of fused-ring (bicyclic) bond motifs is 2. The second-order valence-corrected chi connectivity index (χ2v) is 14.9. The monoisotopic (exact) mass is 351 g/mol. The van der Waals surface area contributed by atoms with E-state index in [1.807, 2.05) is 18.7 Å². The number of rotatable bonds is 5. The van der Waals surface area contributed by atoms with Crippen LogP contribution in [-0.2, 0) is 4.74 Å². The predicted octanol–water partition coefficient (Wildman–Crippen LogP) is 4.32. The van der Waals surface area contributed by atoms with Crippen molar-refractivity contribution in [2.24, 2.45) is 0 Å². The van der Waals surface area contributed by atoms with E-state index in [1.54, 1.807) is 0 Å². The summed E-state index contributed by atoms with van der Waals surface area (Å²) >= 11 is 1.86. The quantitative estimate of drug-likeness (QED) is 0.591. The van der Waals surface area contributed by atoms with E-state index in [4.69, 9.17) is 4.74 Å². The van der Waals surface area contributed by atoms with Crippen LogP contribution in [0.3, 0.4) is 0 Å². The van der Waals surface area contributed by atoms with Gasteiger partial charge in [-0.05, 0) is 37.8 Å². The molecule has 5 heteroatoms. The van der Waals surface area contributed by atoms with Gasteiger partial charge in [-0.25, -0.2) is 0 Å². The Labute approximate surface area is 145 Å². The Bertz CT molecular complexity index is 572. The maximum atomic E-state index is 10.9. The lowest BCUT2D eigenvalue weighted by Gasteiger charge is -2.41. The third-order valence-electron chi connectivity index (χ3n) is 4.81. The Hall–Kier alpha value is -0.493. The van der Waals surface area contributed by atoms with E-state index in [0.717, 1.165) is 37.2 Å². The molecule has 0 aromatic carbocycles. The number of hydrogen-bond acceptors (Lipinski definition) is 4. The Morgan fingerprint density at radius 3 is 2.91 bits per heavy atom. The van der Waals surface area contributed by atoms with Crippen molar-refractivity contribution >= 4 is 19.8 Å². The van der Waals surface area contributed by atoms with Gasteiger partial charge in [-0.15, -0.1) is 11.8 Å². The fourth-order valence-electron chi connectivity index (χ4n) is 3.49. The van der Waals surface area contributed by atoms with Crippen LogP contribution < -0.4 is 0 Å². The molecule has 3 aliphatic rings. The first-order valence-electron chi connectivity index (χ1n) is 8.64. The van der Waals surface area contributed by atoms with Crippen molar-refractivity contribution in [2.45, 2.75) is 57.5 Å². The molecule has 0 radical (unpaired) electrons. The molecule has 1 aliphatic carbocycles. The Balaban J connectivity index is 1.76. The Kier molecular flexibility index (Phi) is 4.85. The second kappa shape index (κ2) is 6.43. The first-order valence-corrected chi connectivity index (χ1v) is 13.3. The molecule has 3 nitrogen and oxygen atoms in total. The van der Waals surface area contributed by atoms with Crippen molar-refractivity contribution in [1.82, 2.24) is 4.90 Å². The zero-order chi connectivity index (χ0) is 16.7. The van der Waals surface area contributed by atoms with E-state index < -0.39 is 13.7 Å². The zero-order valence-corrected chi connectivity index (χ0v) is 16.6. The Morgan fingerprint density at radius 2 is 2.17 bits per heavy atom. The highest BCUT2D eigenvalue weighted by Crippen LogP contribution is 2.49. The third kappa shape index (κ3) is 3.78. The van der Waals surface area contributed by atoms with Gasteiger partial charge in [-0.1, -0.05) is 25.7 Å². The fraction of sp³-hybridized carbons (Fsp3) is 0.667. The smallest absolute Gasteiger partial charge is 0.122 e. The molecule has 0 fully saturated rings. The summed E-state index contributed by atoms with van der Waals surface area (Å²) < 4.78 is 5.99. The van der Waals surface area contributed by atoms with Crippen LogP contribution in [0.1, 0.15) is 26.2 Å².